The molecule has 1 amide bonds. The number of carbonyl (C=O) groups is 5. The molecule has 35 heavy (non-hydrogen) atoms. The topological polar surface area (TPSA) is 201 Å². The number of phenolic OH excluding ortho intramolecular Hbond substituents is 1. The first-order valence-corrected chi connectivity index (χ1v) is 11.3. The van der Waals surface area contributed by atoms with Crippen LogP contribution in [-0.4, -0.2) is 81.6 Å². The molecule has 11 nitrogen and oxygen atoms in total. The van der Waals surface area contributed by atoms with Crippen LogP contribution in [0.5, 0.6) is 5.75 Å². The number of aliphatic hydroxyl groups is 2. The number of Topliss-reactive ketones (excluding diaryl/α,β-unsaturated/α-hetero) is 4. The van der Waals surface area contributed by atoms with Crippen molar-refractivity contribution in [2.75, 3.05) is 20.7 Å². The Labute approximate surface area is 202 Å². The Morgan fingerprint density at radius 2 is 1.89 bits per heavy atom. The summed E-state index contributed by atoms with van der Waals surface area (Å²) in [6.45, 7) is 0.630. The number of nitrogens with zero attached hydrogens (tertiary/aromatic N) is 1. The first-order chi connectivity index (χ1) is 16.3. The van der Waals surface area contributed by atoms with Crippen LogP contribution in [0.15, 0.2) is 6.07 Å². The number of fused-ring (bicyclic) bond motifs is 2. The fourth-order valence-electron chi connectivity index (χ4n) is 5.66. The van der Waals surface area contributed by atoms with E-state index in [4.69, 9.17) is 11.5 Å². The molecule has 1 aromatic carbocycles. The number of amides is 1. The lowest BCUT2D eigenvalue weighted by Gasteiger charge is -2.49. The Morgan fingerprint density at radius 3 is 2.37 bits per heavy atom. The number of primary amides is 1. The molecule has 0 saturated heterocycles. The smallest absolute Gasteiger partial charge is 0.225 e. The second-order valence-electron chi connectivity index (χ2n) is 9.60. The van der Waals surface area contributed by atoms with Gasteiger partial charge in [-0.25, -0.2) is 0 Å². The van der Waals surface area contributed by atoms with Crippen LogP contribution < -0.4 is 11.5 Å². The molecule has 2 aliphatic rings. The molecule has 1 fully saturated rings. The molecule has 1 unspecified atom stereocenters. The maximum Gasteiger partial charge on any atom is 0.225 e. The Hall–Kier alpha value is -2.99. The number of benzene rings is 1. The minimum Gasteiger partial charge on any atom is -0.507 e. The lowest BCUT2D eigenvalue weighted by Crippen LogP contribution is -2.67. The van der Waals surface area contributed by atoms with Gasteiger partial charge in [0.05, 0.1) is 24.5 Å². The standard InChI is InChI=1S/C24H31N3O8/c1-10(29)13-5-12(8-25)21(32)20-14(13)4-11-6-15(16(9-28)27(2)3)24(35,17(30)7-18(26)31)23(34)19(11)22(20)33/h5,11,15-16,19,28,32,35H,4,6-9,25H2,1-3H3,(H2,26,31)/t11-,15-,16+,19?,24+/m0/s1. The van der Waals surface area contributed by atoms with Gasteiger partial charge in [0.15, 0.2) is 28.7 Å². The molecule has 1 saturated carbocycles. The Morgan fingerprint density at radius 1 is 1.26 bits per heavy atom. The fraction of sp³-hybridized carbons (Fsp3) is 0.542. The van der Waals surface area contributed by atoms with Gasteiger partial charge in [-0.3, -0.25) is 24.0 Å². The lowest BCUT2D eigenvalue weighted by molar-refractivity contribution is -0.171. The number of nitrogens with two attached hydrogens (primary N) is 2. The predicted octanol–water partition coefficient (Wildman–Crippen LogP) is -1.29. The van der Waals surface area contributed by atoms with Crippen LogP contribution in [0.2, 0.25) is 0 Å². The maximum absolute atomic E-state index is 13.7. The van der Waals surface area contributed by atoms with E-state index >= 15 is 0 Å². The van der Waals surface area contributed by atoms with Gasteiger partial charge in [0.1, 0.15) is 5.75 Å². The highest BCUT2D eigenvalue weighted by molar-refractivity contribution is 6.24. The summed E-state index contributed by atoms with van der Waals surface area (Å²) in [5.41, 5.74) is 8.48. The van der Waals surface area contributed by atoms with Gasteiger partial charge in [-0.2, -0.15) is 0 Å². The number of phenols is 1. The number of likely N-dealkylation sites (N-methyl/N-ethyl adjacent to an activating group) is 1. The van der Waals surface area contributed by atoms with E-state index in [2.05, 4.69) is 0 Å². The summed E-state index contributed by atoms with van der Waals surface area (Å²) in [6, 6.07) is 0.563. The van der Waals surface area contributed by atoms with Crippen LogP contribution in [0.3, 0.4) is 0 Å². The van der Waals surface area contributed by atoms with Crippen molar-refractivity contribution in [3.8, 4) is 5.75 Å². The highest BCUT2D eigenvalue weighted by Crippen LogP contribution is 2.49. The molecule has 0 aliphatic heterocycles. The van der Waals surface area contributed by atoms with Crippen LogP contribution in [0.1, 0.15) is 51.6 Å². The molecule has 0 aromatic heterocycles. The van der Waals surface area contributed by atoms with E-state index in [9.17, 15) is 39.3 Å². The number of aromatic hydroxyl groups is 1. The van der Waals surface area contributed by atoms with E-state index < -0.39 is 71.4 Å². The number of hydrogen-bond acceptors (Lipinski definition) is 10. The second-order valence-corrected chi connectivity index (χ2v) is 9.60. The van der Waals surface area contributed by atoms with E-state index in [1.54, 1.807) is 19.0 Å². The van der Waals surface area contributed by atoms with Gasteiger partial charge in [-0.15, -0.1) is 0 Å². The molecule has 0 radical (unpaired) electrons. The van der Waals surface area contributed by atoms with E-state index in [1.165, 1.54) is 13.0 Å². The zero-order valence-electron chi connectivity index (χ0n) is 19.9. The summed E-state index contributed by atoms with van der Waals surface area (Å²) < 4.78 is 0. The van der Waals surface area contributed by atoms with E-state index in [-0.39, 0.29) is 47.4 Å². The summed E-state index contributed by atoms with van der Waals surface area (Å²) in [5.74, 6) is -8.32. The van der Waals surface area contributed by atoms with Gasteiger partial charge < -0.3 is 31.7 Å². The van der Waals surface area contributed by atoms with Gasteiger partial charge in [0, 0.05) is 29.6 Å². The van der Waals surface area contributed by atoms with Crippen molar-refractivity contribution in [2.24, 2.45) is 29.2 Å². The average Bonchev–Trinajstić information content (AvgIpc) is 2.76. The number of hydrogen-bond donors (Lipinski definition) is 5. The minimum absolute atomic E-state index is 0.0389. The van der Waals surface area contributed by atoms with Crippen molar-refractivity contribution in [3.05, 3.63) is 28.3 Å². The van der Waals surface area contributed by atoms with Crippen molar-refractivity contribution in [3.63, 3.8) is 0 Å². The van der Waals surface area contributed by atoms with E-state index in [0.29, 0.717) is 0 Å². The number of rotatable bonds is 8. The third-order valence-corrected chi connectivity index (χ3v) is 7.38. The molecule has 5 atom stereocenters. The Balaban J connectivity index is 2.23. The van der Waals surface area contributed by atoms with Crippen LogP contribution in [0.4, 0.5) is 0 Å². The summed E-state index contributed by atoms with van der Waals surface area (Å²) in [4.78, 5) is 65.8. The highest BCUT2D eigenvalue weighted by atomic mass is 16.3. The third-order valence-electron chi connectivity index (χ3n) is 7.38. The third kappa shape index (κ3) is 4.18. The van der Waals surface area contributed by atoms with Gasteiger partial charge in [0.25, 0.3) is 0 Å². The molecule has 1 aromatic rings. The quantitative estimate of drug-likeness (QED) is 0.216. The molecule has 190 valence electrons. The molecule has 3 rings (SSSR count). The Bertz CT molecular complexity index is 1110. The molecular formula is C24H31N3O8. The highest BCUT2D eigenvalue weighted by Gasteiger charge is 2.62. The molecule has 2 aliphatic carbocycles. The van der Waals surface area contributed by atoms with Crippen molar-refractivity contribution in [1.29, 1.82) is 0 Å². The summed E-state index contributed by atoms with van der Waals surface area (Å²) >= 11 is 0. The molecule has 0 bridgehead atoms. The first kappa shape index (κ1) is 26.6. The second kappa shape index (κ2) is 9.57. The summed E-state index contributed by atoms with van der Waals surface area (Å²) in [7, 11) is 3.19. The number of carbonyl (C=O) groups excluding carboxylic acids is 5. The zero-order valence-corrected chi connectivity index (χ0v) is 19.9. The average molecular weight is 490 g/mol. The van der Waals surface area contributed by atoms with Crippen molar-refractivity contribution in [2.45, 2.75) is 44.4 Å². The van der Waals surface area contributed by atoms with Crippen molar-refractivity contribution >= 4 is 29.0 Å². The van der Waals surface area contributed by atoms with Gasteiger partial charge >= 0.3 is 0 Å². The van der Waals surface area contributed by atoms with Crippen LogP contribution in [0.25, 0.3) is 0 Å². The fourth-order valence-corrected chi connectivity index (χ4v) is 5.66. The zero-order chi connectivity index (χ0) is 26.4. The Kier molecular flexibility index (Phi) is 7.28. The van der Waals surface area contributed by atoms with Crippen LogP contribution in [-0.2, 0) is 27.3 Å². The predicted molar refractivity (Wildman–Crippen MR) is 122 cm³/mol. The number of aliphatic hydroxyl groups excluding tert-OH is 1. The molecule has 7 N–H and O–H groups in total. The molecular weight excluding hydrogens is 458 g/mol. The van der Waals surface area contributed by atoms with Gasteiger partial charge in [-0.1, -0.05) is 0 Å². The molecule has 11 heteroatoms. The monoisotopic (exact) mass is 489 g/mol. The summed E-state index contributed by atoms with van der Waals surface area (Å²) in [5, 5.41) is 32.3. The van der Waals surface area contributed by atoms with Gasteiger partial charge in [0.2, 0.25) is 5.91 Å². The largest absolute Gasteiger partial charge is 0.507 e. The maximum atomic E-state index is 13.7. The molecule has 0 heterocycles. The van der Waals surface area contributed by atoms with Crippen LogP contribution in [0, 0.1) is 17.8 Å². The van der Waals surface area contributed by atoms with Crippen molar-refractivity contribution in [1.82, 2.24) is 4.90 Å². The SMILES string of the molecule is CC(=O)c1cc(CN)c(O)c2c1C[C@H]1C[C@@H]([C@@H](CO)N(C)C)[C@@](O)(C(=O)CC(N)=O)C(=O)C1C2=O. The normalized spacial score (nSPS) is 26.8. The van der Waals surface area contributed by atoms with E-state index in [1.807, 2.05) is 0 Å². The summed E-state index contributed by atoms with van der Waals surface area (Å²) in [6.07, 6.45) is -0.917. The minimum atomic E-state index is -2.76. The molecule has 0 spiro atoms. The van der Waals surface area contributed by atoms with E-state index in [0.717, 1.165) is 0 Å². The lowest BCUT2D eigenvalue weighted by atomic mass is 9.56. The number of ketones is 4. The van der Waals surface area contributed by atoms with Crippen LogP contribution >= 0.6 is 0 Å². The first-order valence-electron chi connectivity index (χ1n) is 11.3. The van der Waals surface area contributed by atoms with Gasteiger partial charge in [-0.05, 0) is 51.4 Å². The van der Waals surface area contributed by atoms with Crippen molar-refractivity contribution < 1.29 is 39.3 Å².